The van der Waals surface area contributed by atoms with Crippen LogP contribution in [-0.2, 0) is 9.59 Å². The molecular weight excluding hydrogens is 314 g/mol. The fourth-order valence-corrected chi connectivity index (χ4v) is 2.97. The van der Waals surface area contributed by atoms with Crippen molar-refractivity contribution in [2.24, 2.45) is 0 Å². The molecule has 2 rings (SSSR count). The third kappa shape index (κ3) is 4.68. The first-order valence-corrected chi connectivity index (χ1v) is 7.97. The number of nitro groups is 1. The van der Waals surface area contributed by atoms with Gasteiger partial charge in [0.15, 0.2) is 0 Å². The molecule has 1 amide bonds. The minimum absolute atomic E-state index is 0.0338. The van der Waals surface area contributed by atoms with Crippen molar-refractivity contribution in [1.29, 1.82) is 0 Å². The van der Waals surface area contributed by atoms with Crippen LogP contribution in [0.3, 0.4) is 0 Å². The van der Waals surface area contributed by atoms with Crippen LogP contribution in [0.1, 0.15) is 32.1 Å². The standard InChI is InChI=1S/C16H21N3O5/c20-15(11-17-13-6-1-2-7-14(13)19(23)24)18-10-4-3-5-12(18)8-9-16(21)22/h1-2,6-7,12,17H,3-5,8-11H2,(H,21,22). The summed E-state index contributed by atoms with van der Waals surface area (Å²) < 4.78 is 0. The van der Waals surface area contributed by atoms with Crippen molar-refractivity contribution in [3.8, 4) is 0 Å². The quantitative estimate of drug-likeness (QED) is 0.584. The van der Waals surface area contributed by atoms with E-state index < -0.39 is 10.9 Å². The number of likely N-dealkylation sites (tertiary alicyclic amines) is 1. The van der Waals surface area contributed by atoms with E-state index in [4.69, 9.17) is 5.11 Å². The SMILES string of the molecule is O=C(O)CCC1CCCCN1C(=O)CNc1ccccc1[N+](=O)[O-]. The summed E-state index contributed by atoms with van der Waals surface area (Å²) >= 11 is 0. The van der Waals surface area contributed by atoms with Gasteiger partial charge in [0, 0.05) is 25.1 Å². The summed E-state index contributed by atoms with van der Waals surface area (Å²) in [5, 5.41) is 22.6. The number of carbonyl (C=O) groups is 2. The zero-order valence-corrected chi connectivity index (χ0v) is 13.3. The topological polar surface area (TPSA) is 113 Å². The predicted molar refractivity (Wildman–Crippen MR) is 87.8 cm³/mol. The van der Waals surface area contributed by atoms with E-state index in [9.17, 15) is 19.7 Å². The van der Waals surface area contributed by atoms with Crippen LogP contribution in [0.4, 0.5) is 11.4 Å². The molecule has 1 aromatic carbocycles. The highest BCUT2D eigenvalue weighted by atomic mass is 16.6. The number of para-hydroxylation sites is 2. The maximum Gasteiger partial charge on any atom is 0.303 e. The third-order valence-corrected chi connectivity index (χ3v) is 4.17. The summed E-state index contributed by atoms with van der Waals surface area (Å²) in [7, 11) is 0. The summed E-state index contributed by atoms with van der Waals surface area (Å²) in [6.45, 7) is 0.552. The number of carboxylic acid groups (broad SMARTS) is 1. The molecule has 0 bridgehead atoms. The summed E-state index contributed by atoms with van der Waals surface area (Å²) in [4.78, 5) is 35.4. The lowest BCUT2D eigenvalue weighted by molar-refractivity contribution is -0.383. The number of nitrogens with one attached hydrogen (secondary N) is 1. The highest BCUT2D eigenvalue weighted by molar-refractivity contribution is 5.82. The number of hydrogen-bond acceptors (Lipinski definition) is 5. The molecule has 1 aliphatic rings. The monoisotopic (exact) mass is 335 g/mol. The molecule has 130 valence electrons. The number of benzene rings is 1. The molecule has 2 N–H and O–H groups in total. The molecule has 0 radical (unpaired) electrons. The normalized spacial score (nSPS) is 17.3. The second-order valence-electron chi connectivity index (χ2n) is 5.80. The number of nitro benzene ring substituents is 1. The largest absolute Gasteiger partial charge is 0.481 e. The average molecular weight is 335 g/mol. The van der Waals surface area contributed by atoms with E-state index >= 15 is 0 Å². The molecule has 0 spiro atoms. The second kappa shape index (κ2) is 8.28. The lowest BCUT2D eigenvalue weighted by Crippen LogP contribution is -2.46. The molecule has 1 aromatic rings. The molecule has 8 nitrogen and oxygen atoms in total. The molecule has 1 unspecified atom stereocenters. The Hall–Kier alpha value is -2.64. The van der Waals surface area contributed by atoms with Crippen molar-refractivity contribution in [2.75, 3.05) is 18.4 Å². The van der Waals surface area contributed by atoms with Crippen LogP contribution in [0, 0.1) is 10.1 Å². The Morgan fingerprint density at radius 2 is 2.08 bits per heavy atom. The average Bonchev–Trinajstić information content (AvgIpc) is 2.58. The van der Waals surface area contributed by atoms with Gasteiger partial charge in [0.25, 0.3) is 5.69 Å². The van der Waals surface area contributed by atoms with Crippen LogP contribution in [0.2, 0.25) is 0 Å². The Balaban J connectivity index is 1.97. The van der Waals surface area contributed by atoms with Crippen molar-refractivity contribution >= 4 is 23.3 Å². The van der Waals surface area contributed by atoms with Crippen LogP contribution < -0.4 is 5.32 Å². The Morgan fingerprint density at radius 1 is 1.33 bits per heavy atom. The third-order valence-electron chi connectivity index (χ3n) is 4.17. The number of carboxylic acids is 1. The summed E-state index contributed by atoms with van der Waals surface area (Å²) in [5.74, 6) is -1.03. The van der Waals surface area contributed by atoms with E-state index in [1.54, 1.807) is 23.1 Å². The van der Waals surface area contributed by atoms with Crippen LogP contribution in [0.5, 0.6) is 0 Å². The number of rotatable bonds is 7. The van der Waals surface area contributed by atoms with E-state index in [1.807, 2.05) is 0 Å². The van der Waals surface area contributed by atoms with Gasteiger partial charge in [-0.2, -0.15) is 0 Å². The maximum absolute atomic E-state index is 12.5. The van der Waals surface area contributed by atoms with Crippen molar-refractivity contribution in [3.05, 3.63) is 34.4 Å². The Kier molecular flexibility index (Phi) is 6.11. The number of anilines is 1. The van der Waals surface area contributed by atoms with Crippen LogP contribution in [0.25, 0.3) is 0 Å². The maximum atomic E-state index is 12.5. The van der Waals surface area contributed by atoms with Gasteiger partial charge in [0.05, 0.1) is 11.5 Å². The van der Waals surface area contributed by atoms with Gasteiger partial charge in [-0.1, -0.05) is 12.1 Å². The summed E-state index contributed by atoms with van der Waals surface area (Å²) in [6.07, 6.45) is 3.13. The molecular formula is C16H21N3O5. The molecule has 0 aliphatic carbocycles. The molecule has 1 heterocycles. The summed E-state index contributed by atoms with van der Waals surface area (Å²) in [6, 6.07) is 6.09. The van der Waals surface area contributed by atoms with Crippen LogP contribution >= 0.6 is 0 Å². The molecule has 1 fully saturated rings. The Bertz CT molecular complexity index is 619. The van der Waals surface area contributed by atoms with E-state index in [0.29, 0.717) is 18.7 Å². The van der Waals surface area contributed by atoms with Crippen LogP contribution in [-0.4, -0.2) is 45.9 Å². The van der Waals surface area contributed by atoms with E-state index in [0.717, 1.165) is 19.3 Å². The van der Waals surface area contributed by atoms with E-state index in [1.165, 1.54) is 6.07 Å². The molecule has 0 aromatic heterocycles. The molecule has 1 atom stereocenters. The fraction of sp³-hybridized carbons (Fsp3) is 0.500. The van der Waals surface area contributed by atoms with Gasteiger partial charge in [0.1, 0.15) is 5.69 Å². The highest BCUT2D eigenvalue weighted by Crippen LogP contribution is 2.24. The van der Waals surface area contributed by atoms with Gasteiger partial charge in [0.2, 0.25) is 5.91 Å². The highest BCUT2D eigenvalue weighted by Gasteiger charge is 2.27. The number of amides is 1. The Morgan fingerprint density at radius 3 is 2.79 bits per heavy atom. The number of aliphatic carboxylic acids is 1. The lowest BCUT2D eigenvalue weighted by Gasteiger charge is -2.35. The number of hydrogen-bond donors (Lipinski definition) is 2. The second-order valence-corrected chi connectivity index (χ2v) is 5.80. The fourth-order valence-electron chi connectivity index (χ4n) is 2.97. The minimum Gasteiger partial charge on any atom is -0.481 e. The zero-order chi connectivity index (χ0) is 17.5. The lowest BCUT2D eigenvalue weighted by atomic mass is 9.98. The number of piperidine rings is 1. The first kappa shape index (κ1) is 17.7. The van der Waals surface area contributed by atoms with Gasteiger partial charge < -0.3 is 15.3 Å². The van der Waals surface area contributed by atoms with Gasteiger partial charge >= 0.3 is 5.97 Å². The number of nitrogens with zero attached hydrogens (tertiary/aromatic N) is 2. The molecule has 0 saturated carbocycles. The van der Waals surface area contributed by atoms with Crippen molar-refractivity contribution < 1.29 is 19.6 Å². The Labute approximate surface area is 139 Å². The summed E-state index contributed by atoms with van der Waals surface area (Å²) in [5.41, 5.74) is 0.223. The van der Waals surface area contributed by atoms with Gasteiger partial charge in [-0.3, -0.25) is 19.7 Å². The van der Waals surface area contributed by atoms with Crippen molar-refractivity contribution in [2.45, 2.75) is 38.1 Å². The van der Waals surface area contributed by atoms with E-state index in [2.05, 4.69) is 5.32 Å². The van der Waals surface area contributed by atoms with Gasteiger partial charge in [-0.15, -0.1) is 0 Å². The van der Waals surface area contributed by atoms with Gasteiger partial charge in [-0.05, 0) is 31.7 Å². The van der Waals surface area contributed by atoms with Crippen molar-refractivity contribution in [3.63, 3.8) is 0 Å². The predicted octanol–water partition coefficient (Wildman–Crippen LogP) is 2.25. The van der Waals surface area contributed by atoms with E-state index in [-0.39, 0.29) is 30.6 Å². The molecule has 24 heavy (non-hydrogen) atoms. The molecule has 8 heteroatoms. The van der Waals surface area contributed by atoms with Crippen molar-refractivity contribution in [1.82, 2.24) is 4.90 Å². The van der Waals surface area contributed by atoms with Gasteiger partial charge in [-0.25, -0.2) is 0 Å². The molecule has 1 saturated heterocycles. The first-order chi connectivity index (χ1) is 11.5. The van der Waals surface area contributed by atoms with Crippen LogP contribution in [0.15, 0.2) is 24.3 Å². The number of carbonyl (C=O) groups excluding carboxylic acids is 1. The first-order valence-electron chi connectivity index (χ1n) is 7.97. The smallest absolute Gasteiger partial charge is 0.303 e. The minimum atomic E-state index is -0.869. The zero-order valence-electron chi connectivity index (χ0n) is 13.3. The molecule has 1 aliphatic heterocycles.